The van der Waals surface area contributed by atoms with E-state index in [1.807, 2.05) is 25.7 Å². The molecule has 1 aliphatic carbocycles. The van der Waals surface area contributed by atoms with Gasteiger partial charge in [-0.2, -0.15) is 10.2 Å². The summed E-state index contributed by atoms with van der Waals surface area (Å²) in [7, 11) is 1.46. The van der Waals surface area contributed by atoms with E-state index in [0.29, 0.717) is 26.2 Å². The molecule has 8 heteroatoms. The Hall–Kier alpha value is -2.90. The van der Waals surface area contributed by atoms with Crippen LogP contribution in [0.25, 0.3) is 5.70 Å². The molecule has 0 unspecified atom stereocenters. The molecular formula is C30H42F2N4O2. The van der Waals surface area contributed by atoms with E-state index in [0.717, 1.165) is 18.4 Å². The molecule has 2 atom stereocenters. The van der Waals surface area contributed by atoms with Gasteiger partial charge in [0, 0.05) is 39.1 Å². The van der Waals surface area contributed by atoms with E-state index in [9.17, 15) is 18.4 Å². The largest absolute Gasteiger partial charge is 0.342 e. The van der Waals surface area contributed by atoms with Crippen molar-refractivity contribution in [3.8, 4) is 0 Å². The van der Waals surface area contributed by atoms with E-state index in [1.54, 1.807) is 11.0 Å². The molecule has 1 aromatic rings. The zero-order chi connectivity index (χ0) is 28.4. The van der Waals surface area contributed by atoms with Gasteiger partial charge in [0.25, 0.3) is 0 Å². The maximum atomic E-state index is 14.5. The molecule has 3 rings (SSSR count). The summed E-state index contributed by atoms with van der Waals surface area (Å²) < 4.78 is 29.0. The fourth-order valence-corrected chi connectivity index (χ4v) is 5.98. The third-order valence-corrected chi connectivity index (χ3v) is 8.88. The highest BCUT2D eigenvalue weighted by Gasteiger charge is 2.53. The molecule has 2 amide bonds. The number of allylic oxidation sites excluding steroid dienone is 2. The van der Waals surface area contributed by atoms with Crippen molar-refractivity contribution < 1.29 is 18.4 Å². The third kappa shape index (κ3) is 5.59. The van der Waals surface area contributed by atoms with Crippen molar-refractivity contribution in [2.45, 2.75) is 54.4 Å². The first-order valence-corrected chi connectivity index (χ1v) is 13.5. The van der Waals surface area contributed by atoms with Crippen molar-refractivity contribution in [2.24, 2.45) is 38.8 Å². The predicted octanol–water partition coefficient (Wildman–Crippen LogP) is 6.35. The summed E-state index contributed by atoms with van der Waals surface area (Å²) in [6, 6.07) is 3.72. The van der Waals surface area contributed by atoms with Crippen molar-refractivity contribution in [3.05, 3.63) is 53.6 Å². The number of rotatable bonds is 9. The molecule has 0 spiro atoms. The molecule has 38 heavy (non-hydrogen) atoms. The smallest absolute Gasteiger partial charge is 0.229 e. The molecule has 1 aliphatic heterocycles. The first-order valence-electron chi connectivity index (χ1n) is 13.5. The number of hydrogen-bond acceptors (Lipinski definition) is 4. The van der Waals surface area contributed by atoms with Crippen LogP contribution in [0.2, 0.25) is 0 Å². The number of halogens is 2. The lowest BCUT2D eigenvalue weighted by Crippen LogP contribution is -2.58. The van der Waals surface area contributed by atoms with Gasteiger partial charge in [0.2, 0.25) is 11.8 Å². The highest BCUT2D eigenvalue weighted by Crippen LogP contribution is 2.58. The van der Waals surface area contributed by atoms with Gasteiger partial charge in [-0.15, -0.1) is 0 Å². The van der Waals surface area contributed by atoms with Gasteiger partial charge in [0.05, 0.1) is 17.2 Å². The summed E-state index contributed by atoms with van der Waals surface area (Å²) >= 11 is 0. The lowest BCUT2D eigenvalue weighted by molar-refractivity contribution is -0.151. The topological polar surface area (TPSA) is 65.3 Å². The van der Waals surface area contributed by atoms with E-state index in [-0.39, 0.29) is 51.7 Å². The quantitative estimate of drug-likeness (QED) is 0.277. The molecule has 208 valence electrons. The van der Waals surface area contributed by atoms with Crippen LogP contribution in [-0.2, 0) is 9.59 Å². The maximum Gasteiger partial charge on any atom is 0.229 e. The van der Waals surface area contributed by atoms with Crippen LogP contribution in [0.5, 0.6) is 0 Å². The van der Waals surface area contributed by atoms with Crippen LogP contribution in [0.3, 0.4) is 0 Å². The Balaban J connectivity index is 1.77. The van der Waals surface area contributed by atoms with Crippen LogP contribution in [0.1, 0.15) is 59.9 Å². The second-order valence-electron chi connectivity index (χ2n) is 11.8. The number of nitrogens with zero attached hydrogens (tertiary/aromatic N) is 4. The number of carbonyl (C=O) groups is 2. The van der Waals surface area contributed by atoms with E-state index < -0.39 is 11.6 Å². The number of carbonyl (C=O) groups excluding carboxylic acids is 2. The van der Waals surface area contributed by atoms with Crippen LogP contribution in [0, 0.1) is 40.2 Å². The molecule has 6 nitrogen and oxygen atoms in total. The Labute approximate surface area is 225 Å². The van der Waals surface area contributed by atoms with Crippen LogP contribution < -0.4 is 0 Å². The first kappa shape index (κ1) is 29.7. The Morgan fingerprint density at radius 1 is 1.21 bits per heavy atom. The van der Waals surface area contributed by atoms with Crippen LogP contribution in [0.4, 0.5) is 8.78 Å². The van der Waals surface area contributed by atoms with Gasteiger partial charge in [0.1, 0.15) is 11.6 Å². The van der Waals surface area contributed by atoms with Gasteiger partial charge in [-0.25, -0.2) is 8.78 Å². The average molecular weight is 529 g/mol. The second-order valence-corrected chi connectivity index (χ2v) is 11.8. The van der Waals surface area contributed by atoms with E-state index >= 15 is 0 Å². The number of likely N-dealkylation sites (tertiary alicyclic amines) is 1. The van der Waals surface area contributed by atoms with Crippen molar-refractivity contribution in [2.75, 3.05) is 33.2 Å². The number of hydrogen-bond donors (Lipinski definition) is 0. The van der Waals surface area contributed by atoms with Crippen molar-refractivity contribution in [1.82, 2.24) is 9.80 Å². The minimum atomic E-state index is -0.700. The Bertz CT molecular complexity index is 1120. The van der Waals surface area contributed by atoms with Gasteiger partial charge >= 0.3 is 0 Å². The maximum absolute atomic E-state index is 14.5. The van der Waals surface area contributed by atoms with E-state index in [2.05, 4.69) is 37.6 Å². The number of amides is 2. The number of azo groups is 1. The molecule has 2 aliphatic rings. The molecule has 0 N–H and O–H groups in total. The SMILES string of the molecule is C=C(/C=C(\N=N/C)c1c(F)cccc1F)[C@@H]1CC[C@@](C)(CN(CC)C(=O)C2CN(C(=O)C(C)C)C2)C1(C)C. The Morgan fingerprint density at radius 3 is 2.34 bits per heavy atom. The van der Waals surface area contributed by atoms with Gasteiger partial charge < -0.3 is 9.80 Å². The minimum Gasteiger partial charge on any atom is -0.342 e. The molecule has 1 saturated carbocycles. The van der Waals surface area contributed by atoms with Crippen molar-refractivity contribution in [1.29, 1.82) is 0 Å². The summed E-state index contributed by atoms with van der Waals surface area (Å²) in [6.07, 6.45) is 3.35. The van der Waals surface area contributed by atoms with Gasteiger partial charge in [0.15, 0.2) is 0 Å². The average Bonchev–Trinajstić information content (AvgIpc) is 3.04. The van der Waals surface area contributed by atoms with Crippen LogP contribution >= 0.6 is 0 Å². The monoisotopic (exact) mass is 528 g/mol. The summed E-state index contributed by atoms with van der Waals surface area (Å²) in [5.74, 6) is -1.41. The summed E-state index contributed by atoms with van der Waals surface area (Å²) in [5.41, 5.74) is 0.169. The lowest BCUT2D eigenvalue weighted by Gasteiger charge is -2.47. The zero-order valence-corrected chi connectivity index (χ0v) is 23.9. The fraction of sp³-hybridized carbons (Fsp3) is 0.600. The van der Waals surface area contributed by atoms with Gasteiger partial charge in [-0.05, 0) is 60.3 Å². The van der Waals surface area contributed by atoms with Crippen LogP contribution in [-0.4, -0.2) is 54.8 Å². The standard InChI is InChI=1S/C30H42F2N4O2/c1-9-35(28(38)21-16-36(17-21)27(37)19(2)3)18-30(7)14-13-22(29(30,5)6)20(4)15-25(34-33-8)26-23(31)11-10-12-24(26)32/h10-12,15,19,21-22H,4,9,13-14,16-18H2,1-3,5-8H3/b25-15-,34-33-/t22-,30-/m0/s1. The molecule has 1 aromatic carbocycles. The van der Waals surface area contributed by atoms with E-state index in [1.165, 1.54) is 25.2 Å². The molecule has 0 bridgehead atoms. The molecule has 1 heterocycles. The third-order valence-electron chi connectivity index (χ3n) is 8.88. The highest BCUT2D eigenvalue weighted by molar-refractivity contribution is 5.85. The first-order chi connectivity index (χ1) is 17.8. The summed E-state index contributed by atoms with van der Waals surface area (Å²) in [4.78, 5) is 29.3. The molecule has 0 aromatic heterocycles. The Morgan fingerprint density at radius 2 is 1.82 bits per heavy atom. The van der Waals surface area contributed by atoms with Gasteiger partial charge in [-0.1, -0.05) is 47.3 Å². The summed E-state index contributed by atoms with van der Waals surface area (Å²) in [6.45, 7) is 18.8. The van der Waals surface area contributed by atoms with E-state index in [4.69, 9.17) is 0 Å². The summed E-state index contributed by atoms with van der Waals surface area (Å²) in [5, 5.41) is 7.80. The highest BCUT2D eigenvalue weighted by atomic mass is 19.1. The lowest BCUT2D eigenvalue weighted by atomic mass is 9.64. The van der Waals surface area contributed by atoms with Crippen LogP contribution in [0.15, 0.2) is 46.7 Å². The molecular weight excluding hydrogens is 486 g/mol. The van der Waals surface area contributed by atoms with Crippen molar-refractivity contribution >= 4 is 17.5 Å². The molecule has 2 fully saturated rings. The fourth-order valence-electron chi connectivity index (χ4n) is 5.98. The molecule has 1 saturated heterocycles. The molecule has 0 radical (unpaired) electrons. The Kier molecular flexibility index (Phi) is 8.94. The zero-order valence-electron chi connectivity index (χ0n) is 23.9. The van der Waals surface area contributed by atoms with Gasteiger partial charge in [-0.3, -0.25) is 9.59 Å². The predicted molar refractivity (Wildman–Crippen MR) is 146 cm³/mol. The normalized spacial score (nSPS) is 23.7. The minimum absolute atomic E-state index is 0.0288. The second kappa shape index (κ2) is 11.5. The van der Waals surface area contributed by atoms with Crippen molar-refractivity contribution in [3.63, 3.8) is 0 Å². The number of benzene rings is 1.